The number of Topliss-reactive ketones (excluding diaryl/α,β-unsaturated/α-hetero) is 1. The van der Waals surface area contributed by atoms with Crippen LogP contribution in [0, 0.1) is 11.6 Å². The standard InChI is InChI=1S/C26H22ClF2N3O3/c1-2-20(35)31-9-11-32(12-10-31)26-14-13-15(27)21(22-16(28)5-3-7-18(22)33)24(29)25(14)30-17-6-4-8-19(34)23(17)26/h2-3,5,7,13,33H,1,4,6,8-12H2. The number of nitrogens with zero attached hydrogens (tertiary/aromatic N) is 3. The molecule has 180 valence electrons. The van der Waals surface area contributed by atoms with Gasteiger partial charge < -0.3 is 14.9 Å². The van der Waals surface area contributed by atoms with Crippen LogP contribution in [-0.4, -0.2) is 52.9 Å². The number of ketones is 1. The molecule has 2 aliphatic rings. The van der Waals surface area contributed by atoms with E-state index in [0.717, 1.165) is 6.07 Å². The van der Waals surface area contributed by atoms with Crippen LogP contribution in [0.3, 0.4) is 0 Å². The third-order valence-electron chi connectivity index (χ3n) is 6.64. The van der Waals surface area contributed by atoms with Crippen molar-refractivity contribution in [3.63, 3.8) is 0 Å². The maximum Gasteiger partial charge on any atom is 0.246 e. The lowest BCUT2D eigenvalue weighted by atomic mass is 9.90. The van der Waals surface area contributed by atoms with Crippen molar-refractivity contribution in [2.24, 2.45) is 0 Å². The molecule has 1 fully saturated rings. The number of aryl methyl sites for hydroxylation is 1. The van der Waals surface area contributed by atoms with Gasteiger partial charge in [-0.15, -0.1) is 0 Å². The molecule has 0 saturated carbocycles. The van der Waals surface area contributed by atoms with Gasteiger partial charge >= 0.3 is 0 Å². The van der Waals surface area contributed by atoms with Gasteiger partial charge in [-0.2, -0.15) is 0 Å². The molecule has 1 aromatic heterocycles. The molecule has 1 aliphatic heterocycles. The van der Waals surface area contributed by atoms with E-state index < -0.39 is 17.4 Å². The van der Waals surface area contributed by atoms with E-state index in [0.29, 0.717) is 67.8 Å². The SMILES string of the molecule is C=CC(=O)N1CCN(c2c3c(nc4c(F)c(-c5c(O)cccc5F)c(Cl)cc24)CCCC3=O)CC1. The van der Waals surface area contributed by atoms with Crippen LogP contribution < -0.4 is 4.90 Å². The van der Waals surface area contributed by atoms with Gasteiger partial charge in [0.05, 0.1) is 27.5 Å². The molecule has 0 unspecified atom stereocenters. The Kier molecular flexibility index (Phi) is 5.92. The van der Waals surface area contributed by atoms with Crippen molar-refractivity contribution >= 4 is 39.9 Å². The van der Waals surface area contributed by atoms with Gasteiger partial charge in [0.2, 0.25) is 5.91 Å². The van der Waals surface area contributed by atoms with Crippen molar-refractivity contribution in [1.82, 2.24) is 9.88 Å². The Labute approximate surface area is 205 Å². The van der Waals surface area contributed by atoms with Gasteiger partial charge in [-0.25, -0.2) is 13.8 Å². The number of pyridine rings is 1. The van der Waals surface area contributed by atoms with Crippen molar-refractivity contribution < 1.29 is 23.5 Å². The van der Waals surface area contributed by atoms with Crippen molar-refractivity contribution in [3.05, 3.63) is 64.8 Å². The molecule has 9 heteroatoms. The second-order valence-corrected chi connectivity index (χ2v) is 9.06. The highest BCUT2D eigenvalue weighted by Gasteiger charge is 2.32. The summed E-state index contributed by atoms with van der Waals surface area (Å²) in [6, 6.07) is 5.17. The zero-order valence-electron chi connectivity index (χ0n) is 18.8. The Morgan fingerprint density at radius 1 is 1.11 bits per heavy atom. The lowest BCUT2D eigenvalue weighted by Crippen LogP contribution is -2.48. The molecule has 2 aromatic carbocycles. The van der Waals surface area contributed by atoms with E-state index in [1.54, 1.807) is 4.90 Å². The third-order valence-corrected chi connectivity index (χ3v) is 6.94. The number of aromatic hydroxyl groups is 1. The molecule has 0 atom stereocenters. The fourth-order valence-electron chi connectivity index (χ4n) is 4.97. The molecular formula is C26H22ClF2N3O3. The molecule has 0 spiro atoms. The highest BCUT2D eigenvalue weighted by atomic mass is 35.5. The first-order valence-corrected chi connectivity index (χ1v) is 11.7. The maximum absolute atomic E-state index is 16.0. The Morgan fingerprint density at radius 3 is 2.54 bits per heavy atom. The molecule has 1 saturated heterocycles. The first-order chi connectivity index (χ1) is 16.8. The van der Waals surface area contributed by atoms with Crippen molar-refractivity contribution in [3.8, 4) is 16.9 Å². The van der Waals surface area contributed by atoms with Gasteiger partial charge in [0.15, 0.2) is 11.6 Å². The van der Waals surface area contributed by atoms with E-state index in [9.17, 15) is 19.1 Å². The summed E-state index contributed by atoms with van der Waals surface area (Å²) in [5, 5.41) is 10.5. The minimum atomic E-state index is -0.865. The number of fused-ring (bicyclic) bond motifs is 2. The number of carbonyl (C=O) groups excluding carboxylic acids is 2. The van der Waals surface area contributed by atoms with Crippen LogP contribution in [0.15, 0.2) is 36.9 Å². The van der Waals surface area contributed by atoms with E-state index in [2.05, 4.69) is 11.6 Å². The van der Waals surface area contributed by atoms with Gasteiger partial charge in [0, 0.05) is 43.5 Å². The number of phenolic OH excluding ortho intramolecular Hbond substituents is 1. The summed E-state index contributed by atoms with van der Waals surface area (Å²) in [4.78, 5) is 33.2. The predicted octanol–water partition coefficient (Wildman–Crippen LogP) is 4.89. The molecule has 0 bridgehead atoms. The Hall–Kier alpha value is -3.52. The van der Waals surface area contributed by atoms with Gasteiger partial charge in [-0.1, -0.05) is 24.2 Å². The number of aromatic nitrogens is 1. The molecule has 1 amide bonds. The van der Waals surface area contributed by atoms with Gasteiger partial charge in [0.1, 0.15) is 17.1 Å². The van der Waals surface area contributed by atoms with Crippen LogP contribution >= 0.6 is 11.6 Å². The van der Waals surface area contributed by atoms with Crippen LogP contribution in [0.4, 0.5) is 14.5 Å². The maximum atomic E-state index is 16.0. The number of phenols is 1. The van der Waals surface area contributed by atoms with Gasteiger partial charge in [-0.3, -0.25) is 9.59 Å². The number of piperazine rings is 1. The summed E-state index contributed by atoms with van der Waals surface area (Å²) >= 11 is 6.49. The summed E-state index contributed by atoms with van der Waals surface area (Å²) in [6.45, 7) is 5.20. The molecule has 6 nitrogen and oxygen atoms in total. The average molecular weight is 498 g/mol. The van der Waals surface area contributed by atoms with Crippen molar-refractivity contribution in [2.75, 3.05) is 31.1 Å². The zero-order chi connectivity index (χ0) is 24.9. The minimum Gasteiger partial charge on any atom is -0.507 e. The van der Waals surface area contributed by atoms with Crippen molar-refractivity contribution in [1.29, 1.82) is 0 Å². The molecule has 3 aromatic rings. The molecule has 5 rings (SSSR count). The van der Waals surface area contributed by atoms with E-state index in [1.807, 2.05) is 4.90 Å². The molecular weight excluding hydrogens is 476 g/mol. The lowest BCUT2D eigenvalue weighted by Gasteiger charge is -2.37. The Bertz CT molecular complexity index is 1380. The monoisotopic (exact) mass is 497 g/mol. The summed E-state index contributed by atoms with van der Waals surface area (Å²) in [6.07, 6.45) is 2.72. The summed E-state index contributed by atoms with van der Waals surface area (Å²) < 4.78 is 30.6. The van der Waals surface area contributed by atoms with Crippen molar-refractivity contribution in [2.45, 2.75) is 19.3 Å². The van der Waals surface area contributed by atoms with Gasteiger partial charge in [-0.05, 0) is 37.1 Å². The number of hydrogen-bond donors (Lipinski definition) is 1. The largest absolute Gasteiger partial charge is 0.507 e. The molecule has 1 aliphatic carbocycles. The number of halogens is 3. The second-order valence-electron chi connectivity index (χ2n) is 8.65. The fraction of sp³-hybridized carbons (Fsp3) is 0.269. The summed E-state index contributed by atoms with van der Waals surface area (Å²) in [5.74, 6) is -2.38. The van der Waals surface area contributed by atoms with E-state index in [1.165, 1.54) is 24.3 Å². The van der Waals surface area contributed by atoms with Crippen LogP contribution in [-0.2, 0) is 11.2 Å². The number of benzene rings is 2. The molecule has 2 heterocycles. The van der Waals surface area contributed by atoms with Gasteiger partial charge in [0.25, 0.3) is 0 Å². The topological polar surface area (TPSA) is 73.7 Å². The first kappa shape index (κ1) is 23.2. The lowest BCUT2D eigenvalue weighted by molar-refractivity contribution is -0.126. The number of anilines is 1. The summed E-state index contributed by atoms with van der Waals surface area (Å²) in [7, 11) is 0. The number of carbonyl (C=O) groups is 2. The molecule has 0 radical (unpaired) electrons. The Balaban J connectivity index is 1.74. The molecule has 35 heavy (non-hydrogen) atoms. The predicted molar refractivity (Wildman–Crippen MR) is 130 cm³/mol. The minimum absolute atomic E-state index is 0.0416. The smallest absolute Gasteiger partial charge is 0.246 e. The highest BCUT2D eigenvalue weighted by molar-refractivity contribution is 6.34. The number of rotatable bonds is 3. The summed E-state index contributed by atoms with van der Waals surface area (Å²) in [5.41, 5.74) is 0.801. The zero-order valence-corrected chi connectivity index (χ0v) is 19.5. The van der Waals surface area contributed by atoms with Crippen LogP contribution in [0.25, 0.3) is 22.0 Å². The fourth-order valence-corrected chi connectivity index (χ4v) is 5.26. The number of hydrogen-bond acceptors (Lipinski definition) is 5. The highest BCUT2D eigenvalue weighted by Crippen LogP contribution is 2.44. The molecule has 1 N–H and O–H groups in total. The van der Waals surface area contributed by atoms with E-state index >= 15 is 4.39 Å². The van der Waals surface area contributed by atoms with Crippen LogP contribution in [0.2, 0.25) is 5.02 Å². The van der Waals surface area contributed by atoms with Crippen LogP contribution in [0.1, 0.15) is 28.9 Å². The quantitative estimate of drug-likeness (QED) is 0.521. The van der Waals surface area contributed by atoms with E-state index in [4.69, 9.17) is 11.6 Å². The number of amides is 1. The van der Waals surface area contributed by atoms with Crippen LogP contribution in [0.5, 0.6) is 5.75 Å². The Morgan fingerprint density at radius 2 is 1.86 bits per heavy atom. The normalized spacial score (nSPS) is 15.9. The first-order valence-electron chi connectivity index (χ1n) is 11.3. The average Bonchev–Trinajstić information content (AvgIpc) is 2.85. The van der Waals surface area contributed by atoms with E-state index in [-0.39, 0.29) is 33.4 Å². The third kappa shape index (κ3) is 3.82. The second kappa shape index (κ2) is 8.92.